The summed E-state index contributed by atoms with van der Waals surface area (Å²) in [5.41, 5.74) is 2.60. The molecule has 0 spiro atoms. The summed E-state index contributed by atoms with van der Waals surface area (Å²) in [6.45, 7) is 1.98. The fourth-order valence-electron chi connectivity index (χ4n) is 2.36. The summed E-state index contributed by atoms with van der Waals surface area (Å²) in [7, 11) is 0. The average Bonchev–Trinajstić information content (AvgIpc) is 2.83. The molecule has 0 aromatic heterocycles. The number of carboxylic acid groups (broad SMARTS) is 1. The maximum atomic E-state index is 12.7. The Morgan fingerprint density at radius 3 is 2.67 bits per heavy atom. The second-order valence-electron chi connectivity index (χ2n) is 5.23. The van der Waals surface area contributed by atoms with Gasteiger partial charge in [0.2, 0.25) is 0 Å². The van der Waals surface area contributed by atoms with Crippen LogP contribution in [0.1, 0.15) is 21.5 Å². The van der Waals surface area contributed by atoms with Crippen LogP contribution in [0.2, 0.25) is 0 Å². The lowest BCUT2D eigenvalue weighted by atomic mass is 10.1. The fourth-order valence-corrected chi connectivity index (χ4v) is 3.65. The number of carboxylic acids is 1. The second kappa shape index (κ2) is 6.59. The van der Waals surface area contributed by atoms with Gasteiger partial charge in [-0.2, -0.15) is 0 Å². The topological polar surface area (TPSA) is 57.6 Å². The van der Waals surface area contributed by atoms with Crippen molar-refractivity contribution >= 4 is 51.9 Å². The van der Waals surface area contributed by atoms with Crippen LogP contribution in [0.25, 0.3) is 6.08 Å². The Kier molecular flexibility index (Phi) is 4.51. The lowest BCUT2D eigenvalue weighted by Gasteiger charge is -2.14. The molecule has 1 heterocycles. The molecular formula is C18H13NO3S2. The molecule has 0 aliphatic carbocycles. The number of carbonyl (C=O) groups is 2. The van der Waals surface area contributed by atoms with Crippen LogP contribution < -0.4 is 4.90 Å². The third-order valence-corrected chi connectivity index (χ3v) is 4.92. The Morgan fingerprint density at radius 2 is 1.96 bits per heavy atom. The quantitative estimate of drug-likeness (QED) is 0.663. The summed E-state index contributed by atoms with van der Waals surface area (Å²) in [5.74, 6) is -1.28. The second-order valence-corrected chi connectivity index (χ2v) is 6.90. The van der Waals surface area contributed by atoms with Crippen molar-refractivity contribution in [1.82, 2.24) is 0 Å². The highest BCUT2D eigenvalue weighted by molar-refractivity contribution is 8.27. The molecule has 1 N–H and O–H groups in total. The van der Waals surface area contributed by atoms with Crippen molar-refractivity contribution in [2.45, 2.75) is 6.92 Å². The molecule has 1 aliphatic heterocycles. The van der Waals surface area contributed by atoms with Crippen LogP contribution >= 0.6 is 24.0 Å². The van der Waals surface area contributed by atoms with E-state index in [0.29, 0.717) is 14.9 Å². The van der Waals surface area contributed by atoms with Crippen molar-refractivity contribution in [2.24, 2.45) is 0 Å². The zero-order valence-corrected chi connectivity index (χ0v) is 14.4. The lowest BCUT2D eigenvalue weighted by molar-refractivity contribution is -0.113. The number of nitrogens with zero attached hydrogens (tertiary/aromatic N) is 1. The monoisotopic (exact) mass is 355 g/mol. The predicted octanol–water partition coefficient (Wildman–Crippen LogP) is 4.10. The summed E-state index contributed by atoms with van der Waals surface area (Å²) in [5, 5.41) is 9.11. The minimum atomic E-state index is -1.04. The van der Waals surface area contributed by atoms with Crippen LogP contribution in [-0.2, 0) is 4.79 Å². The molecule has 6 heteroatoms. The molecule has 2 aromatic carbocycles. The minimum Gasteiger partial charge on any atom is -0.478 e. The molecule has 0 atom stereocenters. The van der Waals surface area contributed by atoms with E-state index in [1.807, 2.05) is 37.3 Å². The summed E-state index contributed by atoms with van der Waals surface area (Å²) in [6, 6.07) is 14.0. The normalized spacial score (nSPS) is 16.0. The highest BCUT2D eigenvalue weighted by atomic mass is 32.2. The highest BCUT2D eigenvalue weighted by Gasteiger charge is 2.33. The number of aryl methyl sites for hydroxylation is 1. The maximum Gasteiger partial charge on any atom is 0.335 e. The van der Waals surface area contributed by atoms with E-state index in [1.54, 1.807) is 12.1 Å². The number of hydrogen-bond donors (Lipinski definition) is 1. The first-order chi connectivity index (χ1) is 11.5. The van der Waals surface area contributed by atoms with Gasteiger partial charge in [-0.05, 0) is 42.3 Å². The minimum absolute atomic E-state index is 0.115. The van der Waals surface area contributed by atoms with Crippen LogP contribution in [0.5, 0.6) is 0 Å². The fraction of sp³-hybridized carbons (Fsp3) is 0.0556. The van der Waals surface area contributed by atoms with Gasteiger partial charge in [0.05, 0.1) is 16.2 Å². The number of thiocarbonyl (C=S) groups is 1. The van der Waals surface area contributed by atoms with E-state index in [-0.39, 0.29) is 11.5 Å². The Morgan fingerprint density at radius 1 is 1.21 bits per heavy atom. The molecule has 1 aliphatic rings. The smallest absolute Gasteiger partial charge is 0.335 e. The van der Waals surface area contributed by atoms with E-state index in [9.17, 15) is 9.59 Å². The van der Waals surface area contributed by atoms with E-state index in [0.717, 1.165) is 11.1 Å². The number of benzene rings is 2. The Bertz CT molecular complexity index is 889. The largest absolute Gasteiger partial charge is 0.478 e. The Labute approximate surface area is 148 Å². The molecule has 3 rings (SSSR count). The Hall–Kier alpha value is -2.44. The molecule has 4 nitrogen and oxygen atoms in total. The van der Waals surface area contributed by atoms with Gasteiger partial charge >= 0.3 is 5.97 Å². The van der Waals surface area contributed by atoms with Crippen LogP contribution in [0.3, 0.4) is 0 Å². The molecule has 1 fully saturated rings. The maximum absolute atomic E-state index is 12.7. The van der Waals surface area contributed by atoms with Crippen molar-refractivity contribution in [2.75, 3.05) is 4.90 Å². The molecular weight excluding hydrogens is 342 g/mol. The molecule has 1 saturated heterocycles. The number of rotatable bonds is 3. The summed E-state index contributed by atoms with van der Waals surface area (Å²) >= 11 is 6.53. The lowest BCUT2D eigenvalue weighted by Crippen LogP contribution is -2.27. The molecule has 1 amide bonds. The van der Waals surface area contributed by atoms with Crippen LogP contribution in [-0.4, -0.2) is 21.3 Å². The summed E-state index contributed by atoms with van der Waals surface area (Å²) < 4.78 is 0.391. The third kappa shape index (κ3) is 3.11. The van der Waals surface area contributed by atoms with E-state index >= 15 is 0 Å². The Balaban J connectivity index is 1.97. The number of thioether (sulfide) groups is 1. The van der Waals surface area contributed by atoms with Crippen molar-refractivity contribution in [3.8, 4) is 0 Å². The zero-order valence-electron chi connectivity index (χ0n) is 12.7. The molecule has 0 saturated carbocycles. The third-order valence-electron chi connectivity index (χ3n) is 3.62. The van der Waals surface area contributed by atoms with Gasteiger partial charge in [-0.3, -0.25) is 9.69 Å². The first kappa shape index (κ1) is 16.4. The van der Waals surface area contributed by atoms with Crippen LogP contribution in [0.15, 0.2) is 53.4 Å². The van der Waals surface area contributed by atoms with Gasteiger partial charge in [-0.15, -0.1) is 0 Å². The first-order valence-corrected chi connectivity index (χ1v) is 8.37. The summed E-state index contributed by atoms with van der Waals surface area (Å²) in [6.07, 6.45) is 1.82. The predicted molar refractivity (Wildman–Crippen MR) is 100 cm³/mol. The van der Waals surface area contributed by atoms with Crippen molar-refractivity contribution < 1.29 is 14.7 Å². The molecule has 24 heavy (non-hydrogen) atoms. The zero-order chi connectivity index (χ0) is 17.3. The average molecular weight is 355 g/mol. The summed E-state index contributed by atoms with van der Waals surface area (Å²) in [4.78, 5) is 25.7. The number of amides is 1. The molecule has 2 aromatic rings. The number of carbonyl (C=O) groups excluding carboxylic acids is 1. The van der Waals surface area contributed by atoms with E-state index in [2.05, 4.69) is 0 Å². The molecule has 0 unspecified atom stereocenters. The van der Waals surface area contributed by atoms with Crippen LogP contribution in [0, 0.1) is 6.92 Å². The van der Waals surface area contributed by atoms with Gasteiger partial charge in [-0.1, -0.05) is 54.3 Å². The van der Waals surface area contributed by atoms with Gasteiger partial charge in [0.1, 0.15) is 0 Å². The molecule has 0 bridgehead atoms. The van der Waals surface area contributed by atoms with Crippen molar-refractivity contribution in [3.63, 3.8) is 0 Å². The molecule has 0 radical (unpaired) electrons. The van der Waals surface area contributed by atoms with Gasteiger partial charge in [0, 0.05) is 0 Å². The number of anilines is 1. The SMILES string of the molecule is Cc1ccccc1C=C1SC(=S)N(c2cccc(C(=O)O)c2)C1=O. The van der Waals surface area contributed by atoms with E-state index in [4.69, 9.17) is 17.3 Å². The standard InChI is InChI=1S/C18H13NO3S2/c1-11-5-2-3-6-12(11)10-15-16(20)19(18(23)24-15)14-8-4-7-13(9-14)17(21)22/h2-10H,1H3,(H,21,22). The highest BCUT2D eigenvalue weighted by Crippen LogP contribution is 2.36. The van der Waals surface area contributed by atoms with Gasteiger partial charge in [0.15, 0.2) is 4.32 Å². The van der Waals surface area contributed by atoms with Gasteiger partial charge in [-0.25, -0.2) is 4.79 Å². The number of hydrogen-bond acceptors (Lipinski definition) is 4. The van der Waals surface area contributed by atoms with Crippen molar-refractivity contribution in [3.05, 3.63) is 70.1 Å². The van der Waals surface area contributed by atoms with Crippen LogP contribution in [0.4, 0.5) is 5.69 Å². The van der Waals surface area contributed by atoms with E-state index < -0.39 is 5.97 Å². The number of aromatic carboxylic acids is 1. The molecule has 120 valence electrons. The van der Waals surface area contributed by atoms with Gasteiger partial charge < -0.3 is 5.11 Å². The first-order valence-electron chi connectivity index (χ1n) is 7.14. The van der Waals surface area contributed by atoms with E-state index in [1.165, 1.54) is 28.8 Å². The van der Waals surface area contributed by atoms with Gasteiger partial charge in [0.25, 0.3) is 5.91 Å². The van der Waals surface area contributed by atoms with Crippen molar-refractivity contribution in [1.29, 1.82) is 0 Å².